The van der Waals surface area contributed by atoms with Crippen LogP contribution in [0.4, 0.5) is 18.9 Å². The number of para-hydroxylation sites is 1. The second-order valence-electron chi connectivity index (χ2n) is 2.86. The van der Waals surface area contributed by atoms with Gasteiger partial charge in [0.25, 0.3) is 0 Å². The third kappa shape index (κ3) is 2.83. The Morgan fingerprint density at radius 2 is 1.86 bits per heavy atom. The number of hydrogen-bond acceptors (Lipinski definition) is 2. The van der Waals surface area contributed by atoms with Crippen LogP contribution in [0.25, 0.3) is 0 Å². The highest BCUT2D eigenvalue weighted by molar-refractivity contribution is 7.81. The number of halogens is 3. The van der Waals surface area contributed by atoms with Gasteiger partial charge in [-0.3, -0.25) is 0 Å². The van der Waals surface area contributed by atoms with Gasteiger partial charge in [-0.25, -0.2) is 0 Å². The van der Waals surface area contributed by atoms with Crippen molar-refractivity contribution in [1.82, 2.24) is 0 Å². The van der Waals surface area contributed by atoms with Crippen LogP contribution in [0.15, 0.2) is 24.3 Å². The lowest BCUT2D eigenvalue weighted by molar-refractivity contribution is -0.136. The fourth-order valence-electron chi connectivity index (χ4n) is 1.08. The molecule has 1 aromatic rings. The summed E-state index contributed by atoms with van der Waals surface area (Å²) in [5.41, 5.74) is -0.608. The maximum absolute atomic E-state index is 12.4. The van der Waals surface area contributed by atoms with E-state index >= 15 is 0 Å². The van der Waals surface area contributed by atoms with Gasteiger partial charge in [-0.1, -0.05) is 12.1 Å². The Kier molecular flexibility index (Phi) is 3.31. The summed E-state index contributed by atoms with van der Waals surface area (Å²) in [5.74, 6) is 0. The summed E-state index contributed by atoms with van der Waals surface area (Å²) < 4.78 is 37.3. The SMILES string of the molecule is CC(S)Nc1ccccc1C(F)(F)F. The molecular weight excluding hydrogens is 211 g/mol. The second-order valence-corrected chi connectivity index (χ2v) is 3.64. The molecule has 1 unspecified atom stereocenters. The van der Waals surface area contributed by atoms with Crippen molar-refractivity contribution < 1.29 is 13.2 Å². The summed E-state index contributed by atoms with van der Waals surface area (Å²) in [6.07, 6.45) is -4.33. The van der Waals surface area contributed by atoms with Crippen molar-refractivity contribution in [2.75, 3.05) is 5.32 Å². The normalized spacial score (nSPS) is 13.8. The van der Waals surface area contributed by atoms with Crippen LogP contribution in [0.2, 0.25) is 0 Å². The molecule has 0 aliphatic heterocycles. The molecule has 14 heavy (non-hydrogen) atoms. The molecule has 0 bridgehead atoms. The monoisotopic (exact) mass is 221 g/mol. The minimum Gasteiger partial charge on any atom is -0.373 e. The number of rotatable bonds is 2. The molecule has 0 aromatic heterocycles. The van der Waals surface area contributed by atoms with Crippen LogP contribution in [-0.2, 0) is 6.18 Å². The van der Waals surface area contributed by atoms with Gasteiger partial charge < -0.3 is 5.32 Å². The predicted octanol–water partition coefficient (Wildman–Crippen LogP) is 3.39. The predicted molar refractivity (Wildman–Crippen MR) is 53.5 cm³/mol. The standard InChI is InChI=1S/C9H10F3NS/c1-6(14)13-8-5-3-2-4-7(8)9(10,11)12/h2-6,13-14H,1H3. The zero-order chi connectivity index (χ0) is 10.8. The van der Waals surface area contributed by atoms with Crippen molar-refractivity contribution in [3.05, 3.63) is 29.8 Å². The summed E-state index contributed by atoms with van der Waals surface area (Å²) >= 11 is 3.97. The molecule has 0 fully saturated rings. The number of nitrogens with one attached hydrogen (secondary N) is 1. The molecule has 78 valence electrons. The van der Waals surface area contributed by atoms with Gasteiger partial charge in [0.2, 0.25) is 0 Å². The number of thiol groups is 1. The summed E-state index contributed by atoms with van der Waals surface area (Å²) in [7, 11) is 0. The van der Waals surface area contributed by atoms with E-state index in [1.54, 1.807) is 13.0 Å². The van der Waals surface area contributed by atoms with Crippen LogP contribution in [-0.4, -0.2) is 5.37 Å². The van der Waals surface area contributed by atoms with Gasteiger partial charge in [-0.05, 0) is 19.1 Å². The zero-order valence-corrected chi connectivity index (χ0v) is 8.36. The zero-order valence-electron chi connectivity index (χ0n) is 7.47. The first-order valence-corrected chi connectivity index (χ1v) is 4.53. The van der Waals surface area contributed by atoms with Gasteiger partial charge in [0.05, 0.1) is 10.9 Å². The Morgan fingerprint density at radius 1 is 1.29 bits per heavy atom. The van der Waals surface area contributed by atoms with Crippen molar-refractivity contribution in [1.29, 1.82) is 0 Å². The summed E-state index contributed by atoms with van der Waals surface area (Å²) in [4.78, 5) is 0. The fourth-order valence-corrected chi connectivity index (χ4v) is 1.22. The summed E-state index contributed by atoms with van der Waals surface area (Å²) in [5, 5.41) is 2.30. The van der Waals surface area contributed by atoms with Gasteiger partial charge in [-0.2, -0.15) is 25.8 Å². The van der Waals surface area contributed by atoms with Crippen molar-refractivity contribution in [2.45, 2.75) is 18.5 Å². The maximum atomic E-state index is 12.4. The first-order chi connectivity index (χ1) is 6.41. The quantitative estimate of drug-likeness (QED) is 0.576. The smallest absolute Gasteiger partial charge is 0.373 e. The Morgan fingerprint density at radius 3 is 2.36 bits per heavy atom. The van der Waals surface area contributed by atoms with E-state index in [1.807, 2.05) is 0 Å². The molecule has 0 spiro atoms. The number of alkyl halides is 3. The third-order valence-corrected chi connectivity index (χ3v) is 1.73. The van der Waals surface area contributed by atoms with Crippen LogP contribution < -0.4 is 5.32 Å². The lowest BCUT2D eigenvalue weighted by Gasteiger charge is -2.15. The van der Waals surface area contributed by atoms with Gasteiger partial charge in [0.1, 0.15) is 0 Å². The molecule has 0 saturated heterocycles. The third-order valence-electron chi connectivity index (χ3n) is 1.60. The molecule has 1 nitrogen and oxygen atoms in total. The molecule has 1 rings (SSSR count). The Balaban J connectivity index is 3.04. The molecule has 5 heteroatoms. The van der Waals surface area contributed by atoms with Gasteiger partial charge in [0, 0.05) is 5.69 Å². The highest BCUT2D eigenvalue weighted by Gasteiger charge is 2.33. The van der Waals surface area contributed by atoms with E-state index < -0.39 is 11.7 Å². The van der Waals surface area contributed by atoms with Crippen LogP contribution in [0.1, 0.15) is 12.5 Å². The minimum atomic E-state index is -4.33. The average Bonchev–Trinajstić information content (AvgIpc) is 2.01. The topological polar surface area (TPSA) is 12.0 Å². The van der Waals surface area contributed by atoms with E-state index in [1.165, 1.54) is 12.1 Å². The number of hydrogen-bond donors (Lipinski definition) is 2. The molecule has 0 heterocycles. The molecule has 0 aliphatic carbocycles. The number of anilines is 1. The molecule has 0 amide bonds. The van der Waals surface area contributed by atoms with E-state index in [0.29, 0.717) is 0 Å². The maximum Gasteiger partial charge on any atom is 0.418 e. The second kappa shape index (κ2) is 4.13. The summed E-state index contributed by atoms with van der Waals surface area (Å²) in [6, 6.07) is 5.33. The molecule has 1 aromatic carbocycles. The fraction of sp³-hybridized carbons (Fsp3) is 0.333. The van der Waals surface area contributed by atoms with Crippen molar-refractivity contribution in [3.8, 4) is 0 Å². The van der Waals surface area contributed by atoms with Gasteiger partial charge in [-0.15, -0.1) is 0 Å². The van der Waals surface area contributed by atoms with E-state index in [2.05, 4.69) is 17.9 Å². The Bertz CT molecular complexity index is 309. The first-order valence-electron chi connectivity index (χ1n) is 4.02. The number of benzene rings is 1. The Hall–Kier alpha value is -0.840. The summed E-state index contributed by atoms with van der Waals surface area (Å²) in [6.45, 7) is 1.66. The van der Waals surface area contributed by atoms with Crippen LogP contribution in [0.3, 0.4) is 0 Å². The van der Waals surface area contributed by atoms with Crippen molar-refractivity contribution >= 4 is 18.3 Å². The molecule has 0 saturated carbocycles. The molecule has 0 aliphatic rings. The van der Waals surface area contributed by atoms with E-state index in [-0.39, 0.29) is 11.1 Å². The lowest BCUT2D eigenvalue weighted by Crippen LogP contribution is -2.14. The highest BCUT2D eigenvalue weighted by Crippen LogP contribution is 2.34. The van der Waals surface area contributed by atoms with E-state index in [0.717, 1.165) is 6.07 Å². The van der Waals surface area contributed by atoms with Crippen molar-refractivity contribution in [2.24, 2.45) is 0 Å². The molecule has 1 N–H and O–H groups in total. The first kappa shape index (κ1) is 11.2. The molecular formula is C9H10F3NS. The van der Waals surface area contributed by atoms with Crippen LogP contribution >= 0.6 is 12.6 Å². The average molecular weight is 221 g/mol. The van der Waals surface area contributed by atoms with Crippen molar-refractivity contribution in [3.63, 3.8) is 0 Å². The van der Waals surface area contributed by atoms with Gasteiger partial charge in [0.15, 0.2) is 0 Å². The molecule has 1 atom stereocenters. The minimum absolute atomic E-state index is 0.0579. The lowest BCUT2D eigenvalue weighted by atomic mass is 10.1. The molecule has 0 radical (unpaired) electrons. The Labute approximate surface area is 85.7 Å². The van der Waals surface area contributed by atoms with Gasteiger partial charge >= 0.3 is 6.18 Å². The van der Waals surface area contributed by atoms with E-state index in [9.17, 15) is 13.2 Å². The van der Waals surface area contributed by atoms with Crippen LogP contribution in [0, 0.1) is 0 Å². The van der Waals surface area contributed by atoms with Crippen LogP contribution in [0.5, 0.6) is 0 Å². The highest BCUT2D eigenvalue weighted by atomic mass is 32.1. The van der Waals surface area contributed by atoms with E-state index in [4.69, 9.17) is 0 Å². The largest absolute Gasteiger partial charge is 0.418 e.